The zero-order valence-corrected chi connectivity index (χ0v) is 13.6. The van der Waals surface area contributed by atoms with Crippen molar-refractivity contribution < 1.29 is 14.3 Å². The van der Waals surface area contributed by atoms with Crippen LogP contribution in [0.5, 0.6) is 0 Å². The molecular formula is C15H31NO3. The van der Waals surface area contributed by atoms with Gasteiger partial charge in [-0.05, 0) is 25.9 Å². The first-order valence-corrected chi connectivity index (χ1v) is 7.18. The van der Waals surface area contributed by atoms with Crippen LogP contribution in [-0.2, 0) is 14.3 Å². The van der Waals surface area contributed by atoms with Crippen LogP contribution in [0, 0.1) is 11.8 Å². The van der Waals surface area contributed by atoms with E-state index >= 15 is 0 Å². The highest BCUT2D eigenvalue weighted by Crippen LogP contribution is 2.20. The summed E-state index contributed by atoms with van der Waals surface area (Å²) >= 11 is 0. The lowest BCUT2D eigenvalue weighted by molar-refractivity contribution is -0.149. The highest BCUT2D eigenvalue weighted by Gasteiger charge is 2.30. The Hall–Kier alpha value is -0.610. The lowest BCUT2D eigenvalue weighted by Gasteiger charge is -2.35. The summed E-state index contributed by atoms with van der Waals surface area (Å²) in [5.74, 6) is 0.665. The molecule has 0 aromatic rings. The van der Waals surface area contributed by atoms with Crippen molar-refractivity contribution in [2.24, 2.45) is 11.8 Å². The van der Waals surface area contributed by atoms with Crippen molar-refractivity contribution in [3.63, 3.8) is 0 Å². The van der Waals surface area contributed by atoms with Crippen molar-refractivity contribution in [2.45, 2.75) is 52.7 Å². The number of esters is 1. The summed E-state index contributed by atoms with van der Waals surface area (Å²) in [5.41, 5.74) is 0. The van der Waals surface area contributed by atoms with Gasteiger partial charge in [-0.25, -0.2) is 0 Å². The molecule has 0 rings (SSSR count). The van der Waals surface area contributed by atoms with Gasteiger partial charge in [-0.1, -0.05) is 34.1 Å². The standard InChI is InChI=1S/C15H31NO3/c1-8-12(4)15(16(5)6)13(18-7)9-14(17)19-10-11(2)3/h11-13,15H,8-10H2,1-7H3/t12-,13+,15?/m0/s1. The minimum absolute atomic E-state index is 0.121. The normalized spacial score (nSPS) is 16.5. The van der Waals surface area contributed by atoms with Crippen LogP contribution in [-0.4, -0.2) is 50.8 Å². The van der Waals surface area contributed by atoms with Crippen LogP contribution in [0.3, 0.4) is 0 Å². The fourth-order valence-electron chi connectivity index (χ4n) is 2.28. The van der Waals surface area contributed by atoms with Gasteiger partial charge in [-0.15, -0.1) is 0 Å². The van der Waals surface area contributed by atoms with E-state index < -0.39 is 0 Å². The van der Waals surface area contributed by atoms with Crippen LogP contribution in [0.4, 0.5) is 0 Å². The van der Waals surface area contributed by atoms with E-state index in [1.807, 2.05) is 27.9 Å². The highest BCUT2D eigenvalue weighted by atomic mass is 16.5. The molecular weight excluding hydrogens is 242 g/mol. The Balaban J connectivity index is 4.55. The van der Waals surface area contributed by atoms with E-state index in [0.717, 1.165) is 6.42 Å². The third-order valence-corrected chi connectivity index (χ3v) is 3.45. The Kier molecular flexibility index (Phi) is 9.02. The molecule has 0 saturated carbocycles. The lowest BCUT2D eigenvalue weighted by Crippen LogP contribution is -2.45. The maximum absolute atomic E-state index is 11.8. The predicted octanol–water partition coefficient (Wildman–Crippen LogP) is 2.57. The number of hydrogen-bond acceptors (Lipinski definition) is 4. The van der Waals surface area contributed by atoms with Crippen LogP contribution in [0.1, 0.15) is 40.5 Å². The van der Waals surface area contributed by atoms with E-state index in [1.165, 1.54) is 0 Å². The Labute approximate surface area is 118 Å². The summed E-state index contributed by atoms with van der Waals surface area (Å²) in [6, 6.07) is 0.224. The Morgan fingerprint density at radius 1 is 1.21 bits per heavy atom. The molecule has 0 spiro atoms. The zero-order chi connectivity index (χ0) is 15.0. The summed E-state index contributed by atoms with van der Waals surface area (Å²) < 4.78 is 10.8. The van der Waals surface area contributed by atoms with Crippen molar-refractivity contribution in [3.8, 4) is 0 Å². The molecule has 0 fully saturated rings. The molecule has 4 nitrogen and oxygen atoms in total. The molecule has 0 N–H and O–H groups in total. The molecule has 4 heteroatoms. The molecule has 3 atom stereocenters. The molecule has 19 heavy (non-hydrogen) atoms. The third-order valence-electron chi connectivity index (χ3n) is 3.45. The molecule has 0 saturated heterocycles. The van der Waals surface area contributed by atoms with Gasteiger partial charge in [-0.2, -0.15) is 0 Å². The van der Waals surface area contributed by atoms with Gasteiger partial charge >= 0.3 is 5.97 Å². The Bertz CT molecular complexity index is 254. The molecule has 0 aromatic carbocycles. The average Bonchev–Trinajstić information content (AvgIpc) is 2.34. The Morgan fingerprint density at radius 3 is 2.16 bits per heavy atom. The predicted molar refractivity (Wildman–Crippen MR) is 78.1 cm³/mol. The van der Waals surface area contributed by atoms with E-state index in [-0.39, 0.29) is 18.1 Å². The topological polar surface area (TPSA) is 38.8 Å². The van der Waals surface area contributed by atoms with E-state index in [2.05, 4.69) is 18.7 Å². The van der Waals surface area contributed by atoms with Gasteiger partial charge in [0.25, 0.3) is 0 Å². The van der Waals surface area contributed by atoms with Crippen LogP contribution in [0.25, 0.3) is 0 Å². The molecule has 1 unspecified atom stereocenters. The summed E-state index contributed by atoms with van der Waals surface area (Å²) in [4.78, 5) is 14.0. The largest absolute Gasteiger partial charge is 0.465 e. The fourth-order valence-corrected chi connectivity index (χ4v) is 2.28. The minimum Gasteiger partial charge on any atom is -0.465 e. The van der Waals surface area contributed by atoms with Crippen LogP contribution >= 0.6 is 0 Å². The smallest absolute Gasteiger partial charge is 0.308 e. The first-order valence-electron chi connectivity index (χ1n) is 7.18. The monoisotopic (exact) mass is 273 g/mol. The highest BCUT2D eigenvalue weighted by molar-refractivity contribution is 5.70. The van der Waals surface area contributed by atoms with Gasteiger partial charge in [0.05, 0.1) is 19.1 Å². The maximum atomic E-state index is 11.8. The summed E-state index contributed by atoms with van der Waals surface area (Å²) in [6.45, 7) is 8.89. The van der Waals surface area contributed by atoms with Gasteiger partial charge in [-0.3, -0.25) is 4.79 Å². The van der Waals surface area contributed by atoms with Crippen LogP contribution < -0.4 is 0 Å². The van der Waals surface area contributed by atoms with Gasteiger partial charge in [0.2, 0.25) is 0 Å². The van der Waals surface area contributed by atoms with Crippen molar-refractivity contribution in [2.75, 3.05) is 27.8 Å². The van der Waals surface area contributed by atoms with E-state index in [9.17, 15) is 4.79 Å². The first kappa shape index (κ1) is 18.4. The second-order valence-electron chi connectivity index (χ2n) is 5.89. The second-order valence-corrected chi connectivity index (χ2v) is 5.89. The lowest BCUT2D eigenvalue weighted by atomic mass is 9.91. The van der Waals surface area contributed by atoms with Crippen molar-refractivity contribution in [1.82, 2.24) is 4.90 Å². The molecule has 0 heterocycles. The van der Waals surface area contributed by atoms with E-state index in [1.54, 1.807) is 7.11 Å². The number of ether oxygens (including phenoxy) is 2. The van der Waals surface area contributed by atoms with Gasteiger partial charge < -0.3 is 14.4 Å². The van der Waals surface area contributed by atoms with E-state index in [4.69, 9.17) is 9.47 Å². The quantitative estimate of drug-likeness (QED) is 0.605. The number of rotatable bonds is 9. The third kappa shape index (κ3) is 6.92. The van der Waals surface area contributed by atoms with E-state index in [0.29, 0.717) is 24.9 Å². The second kappa shape index (κ2) is 9.32. The first-order chi connectivity index (χ1) is 8.83. The number of carbonyl (C=O) groups excluding carboxylic acids is 1. The number of nitrogens with zero attached hydrogens (tertiary/aromatic N) is 1. The average molecular weight is 273 g/mol. The SMILES string of the molecule is CC[C@H](C)C([C@@H](CC(=O)OCC(C)C)OC)N(C)C. The molecule has 0 bridgehead atoms. The number of methoxy groups -OCH3 is 1. The number of hydrogen-bond donors (Lipinski definition) is 0. The molecule has 0 radical (unpaired) electrons. The molecule has 0 amide bonds. The summed E-state index contributed by atoms with van der Waals surface area (Å²) in [5, 5.41) is 0. The van der Waals surface area contributed by atoms with Crippen LogP contribution in [0.2, 0.25) is 0 Å². The summed E-state index contributed by atoms with van der Waals surface area (Å²) in [7, 11) is 5.73. The van der Waals surface area contributed by atoms with Crippen molar-refractivity contribution >= 4 is 5.97 Å². The molecule has 0 aliphatic rings. The molecule has 0 aromatic heterocycles. The minimum atomic E-state index is -0.171. The zero-order valence-electron chi connectivity index (χ0n) is 13.6. The van der Waals surface area contributed by atoms with Crippen LogP contribution in [0.15, 0.2) is 0 Å². The van der Waals surface area contributed by atoms with Gasteiger partial charge in [0.15, 0.2) is 0 Å². The molecule has 114 valence electrons. The fraction of sp³-hybridized carbons (Fsp3) is 0.933. The van der Waals surface area contributed by atoms with Crippen molar-refractivity contribution in [3.05, 3.63) is 0 Å². The number of carbonyl (C=O) groups is 1. The summed E-state index contributed by atoms with van der Waals surface area (Å²) in [6.07, 6.45) is 1.25. The Morgan fingerprint density at radius 2 is 1.79 bits per heavy atom. The van der Waals surface area contributed by atoms with Crippen molar-refractivity contribution in [1.29, 1.82) is 0 Å². The molecule has 0 aliphatic heterocycles. The van der Waals surface area contributed by atoms with Gasteiger partial charge in [0.1, 0.15) is 0 Å². The maximum Gasteiger partial charge on any atom is 0.308 e. The molecule has 0 aliphatic carbocycles. The van der Waals surface area contributed by atoms with Gasteiger partial charge in [0, 0.05) is 13.2 Å². The number of likely N-dealkylation sites (N-methyl/N-ethyl adjacent to an activating group) is 1.